The first-order valence-corrected chi connectivity index (χ1v) is 6.93. The number of para-hydroxylation sites is 1. The normalized spacial score (nSPS) is 18.4. The second kappa shape index (κ2) is 5.24. The number of benzene rings is 1. The third-order valence-corrected chi connectivity index (χ3v) is 3.46. The fourth-order valence-electron chi connectivity index (χ4n) is 2.72. The van der Waals surface area contributed by atoms with E-state index in [9.17, 15) is 4.79 Å². The quantitative estimate of drug-likeness (QED) is 0.887. The molecule has 1 aliphatic rings. The van der Waals surface area contributed by atoms with Crippen LogP contribution in [-0.4, -0.2) is 30.9 Å². The number of anilines is 1. The second-order valence-corrected chi connectivity index (χ2v) is 6.69. The molecule has 1 atom stereocenters. The van der Waals surface area contributed by atoms with Crippen molar-refractivity contribution >= 4 is 11.6 Å². The summed E-state index contributed by atoms with van der Waals surface area (Å²) in [4.78, 5) is 14.3. The number of nitrogens with zero attached hydrogens (tertiary/aromatic N) is 1. The van der Waals surface area contributed by atoms with E-state index < -0.39 is 0 Å². The van der Waals surface area contributed by atoms with E-state index in [-0.39, 0.29) is 17.2 Å². The van der Waals surface area contributed by atoms with Gasteiger partial charge in [-0.05, 0) is 23.5 Å². The minimum absolute atomic E-state index is 0.0576. The van der Waals surface area contributed by atoms with Gasteiger partial charge in [0.1, 0.15) is 0 Å². The summed E-state index contributed by atoms with van der Waals surface area (Å²) in [6, 6.07) is 8.24. The van der Waals surface area contributed by atoms with Crippen LogP contribution in [-0.2, 0) is 11.2 Å². The Labute approximate surface area is 116 Å². The van der Waals surface area contributed by atoms with Crippen molar-refractivity contribution in [3.63, 3.8) is 0 Å². The zero-order valence-electron chi connectivity index (χ0n) is 12.4. The Morgan fingerprint density at radius 3 is 2.74 bits per heavy atom. The van der Waals surface area contributed by atoms with Gasteiger partial charge in [-0.15, -0.1) is 0 Å². The highest BCUT2D eigenvalue weighted by Crippen LogP contribution is 2.26. The highest BCUT2D eigenvalue weighted by Gasteiger charge is 2.28. The maximum Gasteiger partial charge on any atom is 0.227 e. The molecule has 0 saturated carbocycles. The summed E-state index contributed by atoms with van der Waals surface area (Å²) in [7, 11) is 1.91. The molecule has 1 amide bonds. The molecule has 0 bridgehead atoms. The molecule has 1 aliphatic heterocycles. The molecule has 0 aliphatic carbocycles. The molecule has 0 aromatic heterocycles. The van der Waals surface area contributed by atoms with Crippen LogP contribution in [0.2, 0.25) is 0 Å². The third-order valence-electron chi connectivity index (χ3n) is 3.46. The number of rotatable bonds is 2. The van der Waals surface area contributed by atoms with Crippen LogP contribution in [0.15, 0.2) is 24.3 Å². The van der Waals surface area contributed by atoms with Gasteiger partial charge in [-0.25, -0.2) is 0 Å². The first-order valence-electron chi connectivity index (χ1n) is 6.93. The van der Waals surface area contributed by atoms with Gasteiger partial charge in [0.15, 0.2) is 0 Å². The summed E-state index contributed by atoms with van der Waals surface area (Å²) in [6.45, 7) is 8.01. The van der Waals surface area contributed by atoms with Gasteiger partial charge in [-0.3, -0.25) is 4.79 Å². The minimum Gasteiger partial charge on any atom is -0.384 e. The van der Waals surface area contributed by atoms with Gasteiger partial charge in [0, 0.05) is 25.8 Å². The van der Waals surface area contributed by atoms with Gasteiger partial charge < -0.3 is 10.2 Å². The predicted octanol–water partition coefficient (Wildman–Crippen LogP) is 2.78. The highest BCUT2D eigenvalue weighted by atomic mass is 16.2. The van der Waals surface area contributed by atoms with Crippen molar-refractivity contribution in [2.45, 2.75) is 27.2 Å². The van der Waals surface area contributed by atoms with Crippen molar-refractivity contribution in [1.29, 1.82) is 0 Å². The SMILES string of the molecule is CN(CC(C)(C)C)C(=O)C1CNc2ccccc2C1. The zero-order chi connectivity index (χ0) is 14.0. The number of fused-ring (bicyclic) bond motifs is 1. The molecular weight excluding hydrogens is 236 g/mol. The van der Waals surface area contributed by atoms with Crippen molar-refractivity contribution in [1.82, 2.24) is 4.90 Å². The van der Waals surface area contributed by atoms with Crippen molar-refractivity contribution in [3.05, 3.63) is 29.8 Å². The summed E-state index contributed by atoms with van der Waals surface area (Å²) in [5.74, 6) is 0.305. The van der Waals surface area contributed by atoms with Crippen LogP contribution in [0, 0.1) is 11.3 Å². The van der Waals surface area contributed by atoms with E-state index in [0.29, 0.717) is 0 Å². The lowest BCUT2D eigenvalue weighted by molar-refractivity contribution is -0.135. The fourth-order valence-corrected chi connectivity index (χ4v) is 2.72. The molecule has 2 rings (SSSR count). The van der Waals surface area contributed by atoms with E-state index >= 15 is 0 Å². The summed E-state index contributed by atoms with van der Waals surface area (Å²) < 4.78 is 0. The van der Waals surface area contributed by atoms with Gasteiger partial charge in [-0.2, -0.15) is 0 Å². The lowest BCUT2D eigenvalue weighted by Gasteiger charge is -2.32. The average molecular weight is 260 g/mol. The van der Waals surface area contributed by atoms with Crippen LogP contribution in [0.5, 0.6) is 0 Å². The molecule has 1 unspecified atom stereocenters. The van der Waals surface area contributed by atoms with E-state index in [2.05, 4.69) is 38.2 Å². The van der Waals surface area contributed by atoms with Crippen molar-refractivity contribution in [3.8, 4) is 0 Å². The molecule has 1 heterocycles. The summed E-state index contributed by atoms with van der Waals surface area (Å²) in [5.41, 5.74) is 2.56. The van der Waals surface area contributed by atoms with Gasteiger partial charge in [0.05, 0.1) is 5.92 Å². The van der Waals surface area contributed by atoms with E-state index in [1.54, 1.807) is 0 Å². The Morgan fingerprint density at radius 1 is 1.37 bits per heavy atom. The highest BCUT2D eigenvalue weighted by molar-refractivity contribution is 5.80. The Kier molecular flexibility index (Phi) is 3.83. The van der Waals surface area contributed by atoms with E-state index in [0.717, 1.165) is 19.5 Å². The van der Waals surface area contributed by atoms with Gasteiger partial charge in [-0.1, -0.05) is 39.0 Å². The Bertz CT molecular complexity index is 462. The monoisotopic (exact) mass is 260 g/mol. The summed E-state index contributed by atoms with van der Waals surface area (Å²) in [6.07, 6.45) is 0.844. The lowest BCUT2D eigenvalue weighted by atomic mass is 9.91. The maximum absolute atomic E-state index is 12.5. The topological polar surface area (TPSA) is 32.3 Å². The van der Waals surface area contributed by atoms with Crippen LogP contribution in [0.1, 0.15) is 26.3 Å². The number of carbonyl (C=O) groups excluding carboxylic acids is 1. The van der Waals surface area contributed by atoms with Gasteiger partial charge in [0.2, 0.25) is 5.91 Å². The molecule has 104 valence electrons. The molecule has 19 heavy (non-hydrogen) atoms. The first kappa shape index (κ1) is 13.9. The second-order valence-electron chi connectivity index (χ2n) is 6.69. The van der Waals surface area contributed by atoms with Crippen LogP contribution in [0.25, 0.3) is 0 Å². The van der Waals surface area contributed by atoms with E-state index in [1.807, 2.05) is 24.1 Å². The minimum atomic E-state index is 0.0576. The van der Waals surface area contributed by atoms with Crippen molar-refractivity contribution in [2.24, 2.45) is 11.3 Å². The molecule has 3 nitrogen and oxygen atoms in total. The van der Waals surface area contributed by atoms with E-state index in [4.69, 9.17) is 0 Å². The molecule has 1 N–H and O–H groups in total. The molecule has 0 radical (unpaired) electrons. The van der Waals surface area contributed by atoms with Crippen LogP contribution in [0.4, 0.5) is 5.69 Å². The number of nitrogens with one attached hydrogen (secondary N) is 1. The van der Waals surface area contributed by atoms with Crippen LogP contribution in [0.3, 0.4) is 0 Å². The third kappa shape index (κ3) is 3.49. The largest absolute Gasteiger partial charge is 0.384 e. The molecule has 3 heteroatoms. The smallest absolute Gasteiger partial charge is 0.227 e. The van der Waals surface area contributed by atoms with Crippen LogP contribution < -0.4 is 5.32 Å². The molecule has 1 aromatic carbocycles. The van der Waals surface area contributed by atoms with Crippen molar-refractivity contribution in [2.75, 3.05) is 25.5 Å². The number of hydrogen-bond acceptors (Lipinski definition) is 2. The predicted molar refractivity (Wildman–Crippen MR) is 79.2 cm³/mol. The van der Waals surface area contributed by atoms with Gasteiger partial charge >= 0.3 is 0 Å². The summed E-state index contributed by atoms with van der Waals surface area (Å²) >= 11 is 0. The van der Waals surface area contributed by atoms with Crippen molar-refractivity contribution < 1.29 is 4.79 Å². The number of carbonyl (C=O) groups is 1. The molecule has 0 spiro atoms. The fraction of sp³-hybridized carbons (Fsp3) is 0.562. The summed E-state index contributed by atoms with van der Waals surface area (Å²) in [5, 5.41) is 3.36. The Hall–Kier alpha value is -1.51. The lowest BCUT2D eigenvalue weighted by Crippen LogP contribution is -2.42. The van der Waals surface area contributed by atoms with E-state index in [1.165, 1.54) is 11.3 Å². The molecule has 0 fully saturated rings. The first-order chi connectivity index (χ1) is 8.87. The number of amides is 1. The standard InChI is InChI=1S/C16H24N2O/c1-16(2,3)11-18(4)15(19)13-9-12-7-5-6-8-14(12)17-10-13/h5-8,13,17H,9-11H2,1-4H3. The Balaban J connectivity index is 2.03. The van der Waals surface area contributed by atoms with Crippen LogP contribution >= 0.6 is 0 Å². The maximum atomic E-state index is 12.5. The average Bonchev–Trinajstić information content (AvgIpc) is 2.35. The number of hydrogen-bond donors (Lipinski definition) is 1. The van der Waals surface area contributed by atoms with Gasteiger partial charge in [0.25, 0.3) is 0 Å². The zero-order valence-corrected chi connectivity index (χ0v) is 12.4. The molecule has 0 saturated heterocycles. The molecule has 1 aromatic rings. The molecular formula is C16H24N2O. The Morgan fingerprint density at radius 2 is 2.05 bits per heavy atom.